The number of nitrogens with zero attached hydrogens (tertiary/aromatic N) is 2. The van der Waals surface area contributed by atoms with Gasteiger partial charge in [-0.3, -0.25) is 0 Å². The van der Waals surface area contributed by atoms with E-state index in [-0.39, 0.29) is 12.1 Å². The number of carbonyl (C=O) groups is 1. The Kier molecular flexibility index (Phi) is 4.66. The Hall–Kier alpha value is -2.72. The molecule has 0 aliphatic carbocycles. The quantitative estimate of drug-likeness (QED) is 0.588. The van der Waals surface area contributed by atoms with E-state index in [1.165, 1.54) is 0 Å². The predicted molar refractivity (Wildman–Crippen MR) is 110 cm³/mol. The molecular weight excluding hydrogens is 358 g/mol. The van der Waals surface area contributed by atoms with Crippen molar-refractivity contribution in [3.63, 3.8) is 0 Å². The maximum absolute atomic E-state index is 13.2. The first-order valence-electron chi connectivity index (χ1n) is 9.17. The molecule has 0 saturated carbocycles. The minimum absolute atomic E-state index is 0.00618. The van der Waals surface area contributed by atoms with E-state index in [0.29, 0.717) is 17.3 Å². The number of amides is 2. The average molecular weight is 380 g/mol. The van der Waals surface area contributed by atoms with Gasteiger partial charge < -0.3 is 14.8 Å². The van der Waals surface area contributed by atoms with Crippen LogP contribution in [-0.4, -0.2) is 15.5 Å². The molecule has 138 valence electrons. The summed E-state index contributed by atoms with van der Waals surface area (Å²) in [5.74, 6) is 0. The highest BCUT2D eigenvalue weighted by atomic mass is 35.5. The molecule has 5 heteroatoms. The molecule has 2 heterocycles. The lowest BCUT2D eigenvalue weighted by Gasteiger charge is -2.29. The lowest BCUT2D eigenvalue weighted by molar-refractivity contribution is 0.181. The topological polar surface area (TPSA) is 37.3 Å². The molecule has 1 aliphatic heterocycles. The number of carbonyl (C=O) groups excluding carboxylic acids is 1. The zero-order valence-corrected chi connectivity index (χ0v) is 16.2. The van der Waals surface area contributed by atoms with Crippen LogP contribution in [0.25, 0.3) is 5.69 Å². The van der Waals surface area contributed by atoms with Crippen LogP contribution >= 0.6 is 11.6 Å². The molecule has 4 rings (SSSR count). The van der Waals surface area contributed by atoms with Crippen molar-refractivity contribution in [2.45, 2.75) is 32.9 Å². The Morgan fingerprint density at radius 3 is 2.78 bits per heavy atom. The maximum Gasteiger partial charge on any atom is 0.322 e. The van der Waals surface area contributed by atoms with E-state index in [0.717, 1.165) is 28.9 Å². The first-order valence-corrected chi connectivity index (χ1v) is 9.55. The second kappa shape index (κ2) is 7.12. The number of aromatic nitrogens is 1. The van der Waals surface area contributed by atoms with Crippen LogP contribution in [0.4, 0.5) is 10.5 Å². The molecule has 1 aromatic heterocycles. The van der Waals surface area contributed by atoms with Gasteiger partial charge in [0.15, 0.2) is 0 Å². The zero-order valence-electron chi connectivity index (χ0n) is 15.4. The van der Waals surface area contributed by atoms with E-state index in [1.54, 1.807) is 6.07 Å². The van der Waals surface area contributed by atoms with Crippen molar-refractivity contribution in [2.75, 3.05) is 5.32 Å². The summed E-state index contributed by atoms with van der Waals surface area (Å²) in [4.78, 5) is 15.1. The summed E-state index contributed by atoms with van der Waals surface area (Å²) in [7, 11) is 0. The molecular formula is C22H22ClN3O. The average Bonchev–Trinajstić information content (AvgIpc) is 3.09. The van der Waals surface area contributed by atoms with Crippen molar-refractivity contribution in [3.8, 4) is 5.69 Å². The fraction of sp³-hybridized carbons (Fsp3) is 0.227. The van der Waals surface area contributed by atoms with Gasteiger partial charge in [0.25, 0.3) is 0 Å². The highest BCUT2D eigenvalue weighted by Gasteiger charge is 2.30. The van der Waals surface area contributed by atoms with Crippen molar-refractivity contribution >= 4 is 23.3 Å². The molecule has 0 unspecified atom stereocenters. The van der Waals surface area contributed by atoms with Crippen LogP contribution in [-0.2, 0) is 6.54 Å². The summed E-state index contributed by atoms with van der Waals surface area (Å²) in [5, 5.41) is 3.67. The fourth-order valence-corrected chi connectivity index (χ4v) is 3.91. The van der Waals surface area contributed by atoms with Gasteiger partial charge in [0.05, 0.1) is 18.3 Å². The third-order valence-electron chi connectivity index (χ3n) is 5.16. The SMILES string of the molecule is CC[C@H]1c2cccn2-c2ccccc2CN1C(=O)Nc1ccc(C)c(Cl)c1. The van der Waals surface area contributed by atoms with E-state index < -0.39 is 0 Å². The van der Waals surface area contributed by atoms with Crippen molar-refractivity contribution < 1.29 is 4.79 Å². The number of halogens is 1. The molecule has 0 radical (unpaired) electrons. The number of rotatable bonds is 2. The van der Waals surface area contributed by atoms with E-state index in [9.17, 15) is 4.79 Å². The number of aryl methyl sites for hydroxylation is 1. The Balaban J connectivity index is 1.71. The lowest BCUT2D eigenvalue weighted by Crippen LogP contribution is -2.37. The summed E-state index contributed by atoms with van der Waals surface area (Å²) in [6.45, 7) is 4.61. The molecule has 1 N–H and O–H groups in total. The molecule has 2 amide bonds. The van der Waals surface area contributed by atoms with Gasteiger partial charge in [0.1, 0.15) is 0 Å². The number of anilines is 1. The maximum atomic E-state index is 13.2. The van der Waals surface area contributed by atoms with E-state index >= 15 is 0 Å². The van der Waals surface area contributed by atoms with Gasteiger partial charge in [-0.1, -0.05) is 42.8 Å². The van der Waals surface area contributed by atoms with Crippen molar-refractivity contribution in [2.24, 2.45) is 0 Å². The molecule has 0 bridgehead atoms. The van der Waals surface area contributed by atoms with Gasteiger partial charge in [-0.25, -0.2) is 4.79 Å². The monoisotopic (exact) mass is 379 g/mol. The third kappa shape index (κ3) is 3.21. The summed E-state index contributed by atoms with van der Waals surface area (Å²) in [6.07, 6.45) is 2.90. The molecule has 0 spiro atoms. The predicted octanol–water partition coefficient (Wildman–Crippen LogP) is 5.94. The Morgan fingerprint density at radius 2 is 2.00 bits per heavy atom. The van der Waals surface area contributed by atoms with Crippen molar-refractivity contribution in [1.29, 1.82) is 0 Å². The van der Waals surface area contributed by atoms with Gasteiger partial charge in [0.2, 0.25) is 0 Å². The van der Waals surface area contributed by atoms with E-state index in [4.69, 9.17) is 11.6 Å². The number of hydrogen-bond acceptors (Lipinski definition) is 1. The molecule has 4 nitrogen and oxygen atoms in total. The standard InChI is InChI=1S/C22H22ClN3O/c1-3-19-21-9-6-12-25(21)20-8-5-4-7-16(20)14-26(19)22(27)24-17-11-10-15(2)18(23)13-17/h4-13,19H,3,14H2,1-2H3,(H,24,27)/t19-/m0/s1. The first kappa shape index (κ1) is 17.7. The van der Waals surface area contributed by atoms with Crippen molar-refractivity contribution in [1.82, 2.24) is 9.47 Å². The number of fused-ring (bicyclic) bond motifs is 3. The first-order chi connectivity index (χ1) is 13.1. The summed E-state index contributed by atoms with van der Waals surface area (Å²) < 4.78 is 2.19. The lowest BCUT2D eigenvalue weighted by atomic mass is 10.1. The molecule has 2 aromatic carbocycles. The molecule has 3 aromatic rings. The third-order valence-corrected chi connectivity index (χ3v) is 5.57. The molecule has 1 aliphatic rings. The fourth-order valence-electron chi connectivity index (χ4n) is 3.73. The minimum Gasteiger partial charge on any atom is -0.318 e. The summed E-state index contributed by atoms with van der Waals surface area (Å²) >= 11 is 6.22. The van der Waals surface area contributed by atoms with Crippen LogP contribution in [0.5, 0.6) is 0 Å². The number of para-hydroxylation sites is 1. The number of urea groups is 1. The van der Waals surface area contributed by atoms with Crippen LogP contribution in [0.2, 0.25) is 5.02 Å². The zero-order chi connectivity index (χ0) is 19.0. The number of benzene rings is 2. The normalized spacial score (nSPS) is 15.7. The van der Waals surface area contributed by atoms with Gasteiger partial charge >= 0.3 is 6.03 Å². The van der Waals surface area contributed by atoms with Gasteiger partial charge in [-0.2, -0.15) is 0 Å². The van der Waals surface area contributed by atoms with E-state index in [2.05, 4.69) is 41.2 Å². The van der Waals surface area contributed by atoms with Gasteiger partial charge in [-0.15, -0.1) is 0 Å². The minimum atomic E-state index is -0.119. The largest absolute Gasteiger partial charge is 0.322 e. The van der Waals surface area contributed by atoms with E-state index in [1.807, 2.05) is 42.2 Å². The van der Waals surface area contributed by atoms with Crippen LogP contribution in [0.1, 0.15) is 36.2 Å². The second-order valence-corrected chi connectivity index (χ2v) is 7.29. The highest BCUT2D eigenvalue weighted by molar-refractivity contribution is 6.31. The second-order valence-electron chi connectivity index (χ2n) is 6.88. The Labute approximate surface area is 164 Å². The van der Waals surface area contributed by atoms with Crippen LogP contribution in [0.3, 0.4) is 0 Å². The number of hydrogen-bond donors (Lipinski definition) is 1. The molecule has 1 atom stereocenters. The smallest absolute Gasteiger partial charge is 0.318 e. The van der Waals surface area contributed by atoms with Gasteiger partial charge in [-0.05, 0) is 54.8 Å². The summed E-state index contributed by atoms with van der Waals surface area (Å²) in [5.41, 5.74) is 5.08. The highest BCUT2D eigenvalue weighted by Crippen LogP contribution is 2.34. The van der Waals surface area contributed by atoms with Crippen LogP contribution in [0, 0.1) is 6.92 Å². The van der Waals surface area contributed by atoms with Crippen LogP contribution in [0.15, 0.2) is 60.8 Å². The molecule has 27 heavy (non-hydrogen) atoms. The summed E-state index contributed by atoms with van der Waals surface area (Å²) in [6, 6.07) is 17.8. The molecule has 0 saturated heterocycles. The Bertz CT molecular complexity index is 995. The number of nitrogens with one attached hydrogen (secondary N) is 1. The Morgan fingerprint density at radius 1 is 1.19 bits per heavy atom. The molecule has 0 fully saturated rings. The van der Waals surface area contributed by atoms with Crippen LogP contribution < -0.4 is 5.32 Å². The van der Waals surface area contributed by atoms with Gasteiger partial charge in [0, 0.05) is 22.6 Å². The van der Waals surface area contributed by atoms with Crippen molar-refractivity contribution in [3.05, 3.63) is 82.6 Å².